The van der Waals surface area contributed by atoms with Gasteiger partial charge in [-0.05, 0) is 24.1 Å². The summed E-state index contributed by atoms with van der Waals surface area (Å²) in [5.41, 5.74) is 2.44. The van der Waals surface area contributed by atoms with Crippen LogP contribution in [0.4, 0.5) is 0 Å². The molecule has 2 rings (SSSR count). The van der Waals surface area contributed by atoms with Crippen LogP contribution in [0, 0.1) is 0 Å². The summed E-state index contributed by atoms with van der Waals surface area (Å²) >= 11 is 1.68. The average Bonchev–Trinajstić information content (AvgIpc) is 2.87. The molecule has 0 atom stereocenters. The van der Waals surface area contributed by atoms with Gasteiger partial charge in [0.2, 0.25) is 0 Å². The summed E-state index contributed by atoms with van der Waals surface area (Å²) < 4.78 is 0. The summed E-state index contributed by atoms with van der Waals surface area (Å²) in [5, 5.41) is 15.3. The lowest BCUT2D eigenvalue weighted by atomic mass is 10.1. The number of nitrogens with one attached hydrogen (secondary N) is 1. The van der Waals surface area contributed by atoms with Crippen LogP contribution in [-0.4, -0.2) is 16.1 Å². The first kappa shape index (κ1) is 13.7. The van der Waals surface area contributed by atoms with E-state index in [9.17, 15) is 4.79 Å². The molecule has 100 valence electrons. The molecule has 0 unspecified atom stereocenters. The van der Waals surface area contributed by atoms with Crippen molar-refractivity contribution in [3.8, 4) is 0 Å². The molecule has 2 N–H and O–H groups in total. The Morgan fingerprint density at radius 3 is 2.63 bits per heavy atom. The number of nitrogens with zero attached hydrogens (tertiary/aromatic N) is 1. The number of thiazole rings is 1. The molecule has 5 heteroatoms. The minimum absolute atomic E-state index is 0.316. The van der Waals surface area contributed by atoms with Crippen LogP contribution in [0.2, 0.25) is 0 Å². The zero-order chi connectivity index (χ0) is 13.7. The van der Waals surface area contributed by atoms with Gasteiger partial charge in [-0.3, -0.25) is 0 Å². The quantitative estimate of drug-likeness (QED) is 0.851. The van der Waals surface area contributed by atoms with E-state index in [1.54, 1.807) is 23.5 Å². The zero-order valence-corrected chi connectivity index (χ0v) is 11.5. The monoisotopic (exact) mass is 276 g/mol. The van der Waals surface area contributed by atoms with E-state index in [0.717, 1.165) is 29.2 Å². The number of aromatic carboxylic acids is 1. The highest BCUT2D eigenvalue weighted by atomic mass is 32.1. The Kier molecular flexibility index (Phi) is 4.65. The van der Waals surface area contributed by atoms with Gasteiger partial charge in [0.25, 0.3) is 0 Å². The lowest BCUT2D eigenvalue weighted by Gasteiger charge is -2.03. The second-order valence-corrected chi connectivity index (χ2v) is 5.13. The first-order valence-corrected chi connectivity index (χ1v) is 7.03. The zero-order valence-electron chi connectivity index (χ0n) is 10.7. The first-order chi connectivity index (χ1) is 9.19. The molecular formula is C14H16N2O2S. The lowest BCUT2D eigenvalue weighted by Crippen LogP contribution is -2.13. The first-order valence-electron chi connectivity index (χ1n) is 6.15. The maximum absolute atomic E-state index is 10.7. The largest absolute Gasteiger partial charge is 0.478 e. The maximum atomic E-state index is 10.7. The molecule has 0 radical (unpaired) electrons. The van der Waals surface area contributed by atoms with Crippen LogP contribution in [0.25, 0.3) is 0 Å². The van der Waals surface area contributed by atoms with E-state index in [2.05, 4.69) is 22.6 Å². The van der Waals surface area contributed by atoms with Crippen LogP contribution in [0.3, 0.4) is 0 Å². The van der Waals surface area contributed by atoms with E-state index in [1.807, 2.05) is 12.1 Å². The van der Waals surface area contributed by atoms with Crippen molar-refractivity contribution in [3.63, 3.8) is 0 Å². The van der Waals surface area contributed by atoms with Crippen LogP contribution in [-0.2, 0) is 19.5 Å². The fourth-order valence-electron chi connectivity index (χ4n) is 1.69. The molecule has 0 aliphatic rings. The van der Waals surface area contributed by atoms with Gasteiger partial charge in [0.1, 0.15) is 0 Å². The van der Waals surface area contributed by atoms with Crippen molar-refractivity contribution < 1.29 is 9.90 Å². The van der Waals surface area contributed by atoms with Crippen molar-refractivity contribution in [3.05, 3.63) is 51.5 Å². The van der Waals surface area contributed by atoms with Gasteiger partial charge < -0.3 is 10.4 Å². The molecule has 2 aromatic rings. The predicted molar refractivity (Wildman–Crippen MR) is 75.4 cm³/mol. The fourth-order valence-corrected chi connectivity index (χ4v) is 2.44. The Labute approximate surface area is 116 Å². The van der Waals surface area contributed by atoms with Crippen LogP contribution < -0.4 is 5.32 Å². The Morgan fingerprint density at radius 1 is 1.32 bits per heavy atom. The molecule has 1 aromatic carbocycles. The van der Waals surface area contributed by atoms with Crippen LogP contribution in [0.15, 0.2) is 29.6 Å². The minimum atomic E-state index is -0.894. The van der Waals surface area contributed by atoms with E-state index in [4.69, 9.17) is 5.11 Å². The molecule has 0 saturated heterocycles. The number of benzene rings is 1. The van der Waals surface area contributed by atoms with E-state index < -0.39 is 5.97 Å². The third-order valence-corrected chi connectivity index (χ3v) is 3.78. The smallest absolute Gasteiger partial charge is 0.335 e. The van der Waals surface area contributed by atoms with Gasteiger partial charge in [0.05, 0.1) is 16.3 Å². The van der Waals surface area contributed by atoms with Crippen molar-refractivity contribution in [1.29, 1.82) is 0 Å². The number of carboxylic acid groups (broad SMARTS) is 1. The number of carboxylic acids is 1. The molecule has 0 fully saturated rings. The number of aromatic nitrogens is 1. The Morgan fingerprint density at radius 2 is 2.05 bits per heavy atom. The van der Waals surface area contributed by atoms with E-state index in [-0.39, 0.29) is 0 Å². The second kappa shape index (κ2) is 6.45. The Balaban J connectivity index is 1.83. The lowest BCUT2D eigenvalue weighted by molar-refractivity contribution is 0.0697. The van der Waals surface area contributed by atoms with E-state index >= 15 is 0 Å². The van der Waals surface area contributed by atoms with Gasteiger partial charge in [-0.15, -0.1) is 11.3 Å². The number of hydrogen-bond donors (Lipinski definition) is 2. The van der Waals surface area contributed by atoms with Crippen molar-refractivity contribution in [2.75, 3.05) is 0 Å². The molecule has 0 spiro atoms. The molecular weight excluding hydrogens is 260 g/mol. The average molecular weight is 276 g/mol. The van der Waals surface area contributed by atoms with Gasteiger partial charge in [-0.1, -0.05) is 19.1 Å². The molecule has 0 saturated carbocycles. The highest BCUT2D eigenvalue weighted by molar-refractivity contribution is 7.09. The normalized spacial score (nSPS) is 10.6. The Hall–Kier alpha value is -1.72. The third-order valence-electron chi connectivity index (χ3n) is 2.74. The topological polar surface area (TPSA) is 62.2 Å². The summed E-state index contributed by atoms with van der Waals surface area (Å²) in [7, 11) is 0. The molecule has 1 aromatic heterocycles. The molecule has 0 aliphatic carbocycles. The summed E-state index contributed by atoms with van der Waals surface area (Å²) in [4.78, 5) is 15.2. The standard InChI is InChI=1S/C14H16N2O2S/c1-2-13-16-12(9-19-13)8-15-7-10-3-5-11(6-4-10)14(17)18/h3-6,9,15H,2,7-8H2,1H3,(H,17,18). The summed E-state index contributed by atoms with van der Waals surface area (Å²) in [6, 6.07) is 6.90. The fraction of sp³-hybridized carbons (Fsp3) is 0.286. The summed E-state index contributed by atoms with van der Waals surface area (Å²) in [5.74, 6) is -0.894. The summed E-state index contributed by atoms with van der Waals surface area (Å²) in [6.45, 7) is 3.54. The van der Waals surface area contributed by atoms with Gasteiger partial charge in [-0.2, -0.15) is 0 Å². The SMILES string of the molecule is CCc1nc(CNCc2ccc(C(=O)O)cc2)cs1. The predicted octanol–water partition coefficient (Wildman–Crippen LogP) is 2.69. The van der Waals surface area contributed by atoms with Gasteiger partial charge in [-0.25, -0.2) is 9.78 Å². The minimum Gasteiger partial charge on any atom is -0.478 e. The number of carbonyl (C=O) groups is 1. The number of hydrogen-bond acceptors (Lipinski definition) is 4. The molecule has 0 amide bonds. The highest BCUT2D eigenvalue weighted by Crippen LogP contribution is 2.10. The van der Waals surface area contributed by atoms with Crippen LogP contribution >= 0.6 is 11.3 Å². The van der Waals surface area contributed by atoms with Crippen LogP contribution in [0.1, 0.15) is 33.5 Å². The second-order valence-electron chi connectivity index (χ2n) is 4.19. The van der Waals surface area contributed by atoms with Crippen molar-refractivity contribution in [1.82, 2.24) is 10.3 Å². The number of rotatable bonds is 6. The molecule has 0 aliphatic heterocycles. The molecule has 19 heavy (non-hydrogen) atoms. The summed E-state index contributed by atoms with van der Waals surface area (Å²) in [6.07, 6.45) is 0.974. The molecule has 1 heterocycles. The van der Waals surface area contributed by atoms with Crippen LogP contribution in [0.5, 0.6) is 0 Å². The highest BCUT2D eigenvalue weighted by Gasteiger charge is 2.02. The third kappa shape index (κ3) is 3.87. The van der Waals surface area contributed by atoms with Gasteiger partial charge >= 0.3 is 5.97 Å². The maximum Gasteiger partial charge on any atom is 0.335 e. The van der Waals surface area contributed by atoms with E-state index in [0.29, 0.717) is 12.1 Å². The van der Waals surface area contributed by atoms with E-state index in [1.165, 1.54) is 0 Å². The molecule has 0 bridgehead atoms. The van der Waals surface area contributed by atoms with Gasteiger partial charge in [0, 0.05) is 18.5 Å². The van der Waals surface area contributed by atoms with Gasteiger partial charge in [0.15, 0.2) is 0 Å². The van der Waals surface area contributed by atoms with Crippen molar-refractivity contribution in [2.45, 2.75) is 26.4 Å². The van der Waals surface area contributed by atoms with Crippen molar-refractivity contribution in [2.24, 2.45) is 0 Å². The Bertz CT molecular complexity index is 549. The number of aryl methyl sites for hydroxylation is 1. The molecule has 4 nitrogen and oxygen atoms in total. The van der Waals surface area contributed by atoms with Crippen molar-refractivity contribution >= 4 is 17.3 Å².